The molecule has 2 unspecified atom stereocenters. The highest BCUT2D eigenvalue weighted by Gasteiger charge is 2.46. The van der Waals surface area contributed by atoms with Gasteiger partial charge in [0.1, 0.15) is 0 Å². The first-order valence-electron chi connectivity index (χ1n) is 12.8. The van der Waals surface area contributed by atoms with E-state index in [9.17, 15) is 15.2 Å². The molecular weight excluding hydrogens is 426 g/mol. The van der Waals surface area contributed by atoms with Crippen LogP contribution in [0.1, 0.15) is 72.3 Å². The van der Waals surface area contributed by atoms with Gasteiger partial charge in [-0.2, -0.15) is 5.26 Å². The van der Waals surface area contributed by atoms with Gasteiger partial charge in [0.15, 0.2) is 5.78 Å². The number of ketones is 1. The molecule has 0 amide bonds. The summed E-state index contributed by atoms with van der Waals surface area (Å²) in [6, 6.07) is 12.4. The van der Waals surface area contributed by atoms with Crippen LogP contribution >= 0.6 is 0 Å². The van der Waals surface area contributed by atoms with Gasteiger partial charge in [-0.05, 0) is 94.5 Å². The van der Waals surface area contributed by atoms with Crippen LogP contribution in [0, 0.1) is 24.2 Å². The predicted octanol–water partition coefficient (Wildman–Crippen LogP) is 4.19. The minimum atomic E-state index is -0.295. The van der Waals surface area contributed by atoms with Crippen molar-refractivity contribution in [2.24, 2.45) is 5.92 Å². The van der Waals surface area contributed by atoms with Crippen molar-refractivity contribution in [2.75, 3.05) is 19.8 Å². The molecule has 3 atom stereocenters. The monoisotopic (exact) mass is 461 g/mol. The molecule has 34 heavy (non-hydrogen) atoms. The van der Waals surface area contributed by atoms with E-state index in [1.807, 2.05) is 31.2 Å². The summed E-state index contributed by atoms with van der Waals surface area (Å²) in [5, 5.41) is 19.5. The van der Waals surface area contributed by atoms with Crippen LogP contribution in [0.2, 0.25) is 0 Å². The van der Waals surface area contributed by atoms with Gasteiger partial charge in [0, 0.05) is 47.9 Å². The molecule has 4 heterocycles. The van der Waals surface area contributed by atoms with Crippen LogP contribution in [-0.4, -0.2) is 58.3 Å². The summed E-state index contributed by atoms with van der Waals surface area (Å²) in [6.45, 7) is 4.15. The van der Waals surface area contributed by atoms with Crippen molar-refractivity contribution < 1.29 is 14.6 Å². The van der Waals surface area contributed by atoms with Gasteiger partial charge in [-0.15, -0.1) is 0 Å². The van der Waals surface area contributed by atoms with Crippen LogP contribution in [0.3, 0.4) is 0 Å². The maximum Gasteiger partial charge on any atom is 0.178 e. The lowest BCUT2D eigenvalue weighted by atomic mass is 9.94. The zero-order valence-corrected chi connectivity index (χ0v) is 20.1. The standard InChI is InChI=1S/C28H35N3O3/c1-19-25(28(33)18-30-23-9-10-26(30)27(32)16-23)15-24(4-2-3-20-11-13-34-14-12-20)31(19)22-7-5-21(17-29)6-8-22/h5-8,15,20,23,26-27,32H,2-4,9-14,16,18H2,1H3/t23?,26?,27-/m0/s1. The minimum absolute atomic E-state index is 0.133. The molecule has 6 heteroatoms. The lowest BCUT2D eigenvalue weighted by Gasteiger charge is -2.22. The van der Waals surface area contributed by atoms with Crippen LogP contribution in [0.5, 0.6) is 0 Å². The van der Waals surface area contributed by atoms with E-state index in [2.05, 4.69) is 21.6 Å². The van der Waals surface area contributed by atoms with Crippen molar-refractivity contribution in [2.45, 2.75) is 76.5 Å². The number of carbonyl (C=O) groups is 1. The Kier molecular flexibility index (Phi) is 6.87. The normalized spacial score (nSPS) is 25.0. The fraction of sp³-hybridized carbons (Fsp3) is 0.571. The smallest absolute Gasteiger partial charge is 0.178 e. The number of rotatable bonds is 8. The summed E-state index contributed by atoms with van der Waals surface area (Å²) >= 11 is 0. The van der Waals surface area contributed by atoms with Crippen LogP contribution in [0.15, 0.2) is 30.3 Å². The number of hydrogen-bond acceptors (Lipinski definition) is 5. The molecule has 0 aliphatic carbocycles. The SMILES string of the molecule is Cc1c(C(=O)CN2C3CCC2[C@@H](O)C3)cc(CCCC2CCOCC2)n1-c1ccc(C#N)cc1. The molecule has 3 aliphatic rings. The van der Waals surface area contributed by atoms with Crippen molar-refractivity contribution in [3.8, 4) is 11.8 Å². The van der Waals surface area contributed by atoms with E-state index >= 15 is 0 Å². The fourth-order valence-corrected chi connectivity index (χ4v) is 6.35. The topological polar surface area (TPSA) is 78.5 Å². The number of aromatic nitrogens is 1. The summed E-state index contributed by atoms with van der Waals surface area (Å²) in [5.74, 6) is 0.868. The molecule has 180 valence electrons. The first-order chi connectivity index (χ1) is 16.5. The van der Waals surface area contributed by atoms with Crippen molar-refractivity contribution >= 4 is 5.78 Å². The number of fused-ring (bicyclic) bond motifs is 2. The third-order valence-electron chi connectivity index (χ3n) is 8.24. The van der Waals surface area contributed by atoms with Gasteiger partial charge < -0.3 is 14.4 Å². The van der Waals surface area contributed by atoms with Crippen molar-refractivity contribution in [1.29, 1.82) is 5.26 Å². The number of hydrogen-bond donors (Lipinski definition) is 1. The second-order valence-electron chi connectivity index (χ2n) is 10.3. The summed E-state index contributed by atoms with van der Waals surface area (Å²) in [6.07, 6.45) is 8.03. The molecule has 3 aliphatic heterocycles. The van der Waals surface area contributed by atoms with E-state index in [0.717, 1.165) is 86.7 Å². The third-order valence-corrected chi connectivity index (χ3v) is 8.24. The fourth-order valence-electron chi connectivity index (χ4n) is 6.35. The number of Topliss-reactive ketones (excluding diaryl/α,β-unsaturated/α-hetero) is 1. The van der Waals surface area contributed by atoms with E-state index in [-0.39, 0.29) is 17.9 Å². The molecule has 1 aromatic heterocycles. The quantitative estimate of drug-likeness (QED) is 0.597. The second kappa shape index (κ2) is 10.0. The Bertz CT molecular complexity index is 1060. The molecule has 6 nitrogen and oxygen atoms in total. The molecule has 2 bridgehead atoms. The highest BCUT2D eigenvalue weighted by atomic mass is 16.5. The van der Waals surface area contributed by atoms with Gasteiger partial charge >= 0.3 is 0 Å². The molecule has 1 N–H and O–H groups in total. The lowest BCUT2D eigenvalue weighted by Crippen LogP contribution is -2.36. The summed E-state index contributed by atoms with van der Waals surface area (Å²) in [5.41, 5.74) is 4.53. The predicted molar refractivity (Wildman–Crippen MR) is 130 cm³/mol. The Balaban J connectivity index is 1.37. The van der Waals surface area contributed by atoms with Gasteiger partial charge in [-0.1, -0.05) is 0 Å². The summed E-state index contributed by atoms with van der Waals surface area (Å²) in [4.78, 5) is 15.7. The molecule has 0 spiro atoms. The number of aliphatic hydroxyl groups is 1. The van der Waals surface area contributed by atoms with Crippen LogP contribution in [-0.2, 0) is 11.2 Å². The molecule has 3 saturated heterocycles. The maximum atomic E-state index is 13.5. The molecular formula is C28H35N3O3. The number of aryl methyl sites for hydroxylation is 1. The van der Waals surface area contributed by atoms with Crippen LogP contribution in [0.25, 0.3) is 5.69 Å². The Morgan fingerprint density at radius 3 is 2.59 bits per heavy atom. The average Bonchev–Trinajstić information content (AvgIpc) is 3.49. The Morgan fingerprint density at radius 1 is 1.18 bits per heavy atom. The summed E-state index contributed by atoms with van der Waals surface area (Å²) < 4.78 is 7.70. The Labute approximate surface area is 202 Å². The van der Waals surface area contributed by atoms with Gasteiger partial charge in [-0.3, -0.25) is 9.69 Å². The third kappa shape index (κ3) is 4.57. The molecule has 5 rings (SSSR count). The van der Waals surface area contributed by atoms with E-state index in [4.69, 9.17) is 4.74 Å². The van der Waals surface area contributed by atoms with E-state index in [1.165, 1.54) is 6.42 Å². The lowest BCUT2D eigenvalue weighted by molar-refractivity contribution is 0.0633. The minimum Gasteiger partial charge on any atom is -0.391 e. The number of carbonyl (C=O) groups excluding carboxylic acids is 1. The van der Waals surface area contributed by atoms with Gasteiger partial charge in [0.2, 0.25) is 0 Å². The van der Waals surface area contributed by atoms with Crippen molar-refractivity contribution in [1.82, 2.24) is 9.47 Å². The first kappa shape index (κ1) is 23.3. The number of nitrogens with zero attached hydrogens (tertiary/aromatic N) is 3. The van der Waals surface area contributed by atoms with Crippen molar-refractivity contribution in [3.05, 3.63) is 52.8 Å². The molecule has 0 saturated carbocycles. The number of ether oxygens (including phenoxy) is 1. The Morgan fingerprint density at radius 2 is 1.94 bits per heavy atom. The zero-order valence-electron chi connectivity index (χ0n) is 20.1. The first-order valence-corrected chi connectivity index (χ1v) is 12.8. The van der Waals surface area contributed by atoms with E-state index in [0.29, 0.717) is 18.2 Å². The number of aliphatic hydroxyl groups excluding tert-OH is 1. The average molecular weight is 462 g/mol. The van der Waals surface area contributed by atoms with Crippen LogP contribution in [0.4, 0.5) is 0 Å². The van der Waals surface area contributed by atoms with E-state index < -0.39 is 0 Å². The van der Waals surface area contributed by atoms with Crippen molar-refractivity contribution in [3.63, 3.8) is 0 Å². The Hall–Kier alpha value is -2.46. The van der Waals surface area contributed by atoms with Gasteiger partial charge in [-0.25, -0.2) is 0 Å². The highest BCUT2D eigenvalue weighted by molar-refractivity contribution is 5.99. The molecule has 3 fully saturated rings. The molecule has 2 aromatic rings. The van der Waals surface area contributed by atoms with Gasteiger partial charge in [0.05, 0.1) is 24.3 Å². The molecule has 0 radical (unpaired) electrons. The molecule has 1 aromatic carbocycles. The number of nitriles is 1. The maximum absolute atomic E-state index is 13.5. The second-order valence-corrected chi connectivity index (χ2v) is 10.3. The number of benzene rings is 1. The summed E-state index contributed by atoms with van der Waals surface area (Å²) in [7, 11) is 0. The highest BCUT2D eigenvalue weighted by Crippen LogP contribution is 2.38. The zero-order chi connectivity index (χ0) is 23.7. The largest absolute Gasteiger partial charge is 0.391 e. The van der Waals surface area contributed by atoms with Gasteiger partial charge in [0.25, 0.3) is 0 Å². The van der Waals surface area contributed by atoms with Crippen LogP contribution < -0.4 is 0 Å². The van der Waals surface area contributed by atoms with E-state index in [1.54, 1.807) is 0 Å².